The van der Waals surface area contributed by atoms with Gasteiger partial charge in [0.15, 0.2) is 0 Å². The predicted molar refractivity (Wildman–Crippen MR) is 367 cm³/mol. The molecule has 17 heteroatoms. The SMILES string of the molecule is CCCCCCCCSSCCOC(=O)CCN(CCCN(C)CCCN(CCC(=O)OCCSSCCCCCCCC)CCC(=O)OCC(CCCCCC)CCCCCCCC)CCC(=O)OCCSSCCCCCCCC. The molecule has 0 fully saturated rings. The van der Waals surface area contributed by atoms with Gasteiger partial charge in [0.1, 0.15) is 19.8 Å². The summed E-state index contributed by atoms with van der Waals surface area (Å²) in [5.41, 5.74) is 0. The van der Waals surface area contributed by atoms with Crippen LogP contribution in [0.4, 0.5) is 0 Å². The molecule has 1 atom stereocenters. The molecular weight excluding hydrogens is 1140 g/mol. The first-order valence-electron chi connectivity index (χ1n) is 33.7. The summed E-state index contributed by atoms with van der Waals surface area (Å²) in [5.74, 6) is 5.50. The number of unbranched alkanes of at least 4 members (excludes halogenated alkanes) is 23. The third kappa shape index (κ3) is 61.5. The van der Waals surface area contributed by atoms with Crippen LogP contribution in [0.2, 0.25) is 0 Å². The molecule has 486 valence electrons. The summed E-state index contributed by atoms with van der Waals surface area (Å²) in [6.07, 6.45) is 41.2. The van der Waals surface area contributed by atoms with Gasteiger partial charge in [-0.1, -0.05) is 260 Å². The highest BCUT2D eigenvalue weighted by atomic mass is 33.1. The number of rotatable bonds is 67. The number of ether oxygens (including phenoxy) is 4. The van der Waals surface area contributed by atoms with E-state index in [0.717, 1.165) is 86.4 Å². The topological polar surface area (TPSA) is 115 Å². The van der Waals surface area contributed by atoms with Crippen LogP contribution < -0.4 is 0 Å². The third-order valence-electron chi connectivity index (χ3n) is 14.8. The van der Waals surface area contributed by atoms with Gasteiger partial charge in [0.05, 0.1) is 32.3 Å². The third-order valence-corrected chi connectivity index (χ3v) is 22.1. The Kier molecular flexibility index (Phi) is 66.7. The van der Waals surface area contributed by atoms with Crippen molar-refractivity contribution in [1.29, 1.82) is 0 Å². The van der Waals surface area contributed by atoms with E-state index >= 15 is 0 Å². The normalized spacial score (nSPS) is 12.0. The monoisotopic (exact) mass is 1270 g/mol. The second-order valence-electron chi connectivity index (χ2n) is 22.5. The molecule has 0 N–H and O–H groups in total. The summed E-state index contributed by atoms with van der Waals surface area (Å²) >= 11 is 0. The summed E-state index contributed by atoms with van der Waals surface area (Å²) in [4.78, 5) is 58.8. The number of carbonyl (C=O) groups excluding carboxylic acids is 4. The molecule has 0 aromatic carbocycles. The fraction of sp³-hybridized carbons (Fsp3) is 0.938. The molecule has 0 rings (SSSR count). The predicted octanol–water partition coefficient (Wildman–Crippen LogP) is 18.6. The molecule has 0 saturated carbocycles. The zero-order valence-electron chi connectivity index (χ0n) is 53.8. The van der Waals surface area contributed by atoms with Crippen LogP contribution >= 0.6 is 64.8 Å². The molecule has 11 nitrogen and oxygen atoms in total. The second kappa shape index (κ2) is 66.8. The smallest absolute Gasteiger partial charge is 0.307 e. The van der Waals surface area contributed by atoms with Crippen LogP contribution in [0.1, 0.15) is 266 Å². The van der Waals surface area contributed by atoms with Crippen molar-refractivity contribution in [1.82, 2.24) is 14.7 Å². The average molecular weight is 1270 g/mol. The van der Waals surface area contributed by atoms with Crippen molar-refractivity contribution < 1.29 is 38.1 Å². The molecule has 0 aliphatic carbocycles. The standard InChI is InChI=1S/C65H127N3O8S6/c1-7-12-17-22-26-31-38-61(37-30-21-16-11-5)60-76-65(72)42-50-68(49-41-64(71)75-53-59-82-79-56-34-29-25-20-15-10-4)46-36-44-66(6)43-35-45-67(47-39-62(69)73-51-57-80-77-54-32-27-23-18-13-8-2)48-40-63(70)74-52-58-81-78-55-33-28-24-19-14-9-3/h61H,7-60H2,1-6H3. The van der Waals surface area contributed by atoms with E-state index in [2.05, 4.69) is 56.4 Å². The van der Waals surface area contributed by atoms with Crippen molar-refractivity contribution in [2.24, 2.45) is 5.92 Å². The molecule has 82 heavy (non-hydrogen) atoms. The van der Waals surface area contributed by atoms with E-state index in [4.69, 9.17) is 18.9 Å². The van der Waals surface area contributed by atoms with Crippen molar-refractivity contribution in [3.05, 3.63) is 0 Å². The molecule has 0 spiro atoms. The van der Waals surface area contributed by atoms with E-state index in [-0.39, 0.29) is 23.9 Å². The van der Waals surface area contributed by atoms with Crippen molar-refractivity contribution in [2.75, 3.05) is 120 Å². The Labute approximate surface area is 529 Å². The summed E-state index contributed by atoms with van der Waals surface area (Å²) in [5, 5.41) is 0. The Morgan fingerprint density at radius 2 is 0.573 bits per heavy atom. The van der Waals surface area contributed by atoms with Gasteiger partial charge in [0, 0.05) is 60.7 Å². The van der Waals surface area contributed by atoms with Gasteiger partial charge in [-0.2, -0.15) is 0 Å². The summed E-state index contributed by atoms with van der Waals surface area (Å²) in [6.45, 7) is 18.4. The Morgan fingerprint density at radius 1 is 0.305 bits per heavy atom. The highest BCUT2D eigenvalue weighted by Crippen LogP contribution is 2.25. The van der Waals surface area contributed by atoms with Crippen LogP contribution in [0.3, 0.4) is 0 Å². The summed E-state index contributed by atoms with van der Waals surface area (Å²) in [7, 11) is 13.1. The molecule has 0 bridgehead atoms. The van der Waals surface area contributed by atoms with Crippen LogP contribution in [-0.4, -0.2) is 159 Å². The van der Waals surface area contributed by atoms with E-state index in [0.29, 0.717) is 84.2 Å². The lowest BCUT2D eigenvalue weighted by molar-refractivity contribution is -0.146. The molecule has 0 amide bonds. The lowest BCUT2D eigenvalue weighted by Gasteiger charge is -2.25. The highest BCUT2D eigenvalue weighted by Gasteiger charge is 2.17. The maximum atomic E-state index is 13.3. The minimum absolute atomic E-state index is 0.146. The van der Waals surface area contributed by atoms with Crippen LogP contribution in [0.15, 0.2) is 0 Å². The minimum Gasteiger partial charge on any atom is -0.465 e. The number of esters is 4. The van der Waals surface area contributed by atoms with Gasteiger partial charge >= 0.3 is 23.9 Å². The second-order valence-corrected chi connectivity index (χ2v) is 30.7. The maximum Gasteiger partial charge on any atom is 0.307 e. The Morgan fingerprint density at radius 3 is 0.902 bits per heavy atom. The van der Waals surface area contributed by atoms with Gasteiger partial charge in [0.2, 0.25) is 0 Å². The Balaban J connectivity index is 5.32. The molecule has 0 aliphatic rings. The van der Waals surface area contributed by atoms with E-state index in [9.17, 15) is 19.2 Å². The van der Waals surface area contributed by atoms with Crippen LogP contribution in [-0.2, 0) is 38.1 Å². The molecule has 0 saturated heterocycles. The lowest BCUT2D eigenvalue weighted by atomic mass is 9.95. The van der Waals surface area contributed by atoms with Gasteiger partial charge < -0.3 is 33.6 Å². The van der Waals surface area contributed by atoms with Gasteiger partial charge in [0.25, 0.3) is 0 Å². The largest absolute Gasteiger partial charge is 0.465 e. The first-order chi connectivity index (χ1) is 40.2. The zero-order valence-corrected chi connectivity index (χ0v) is 58.7. The summed E-state index contributed by atoms with van der Waals surface area (Å²) < 4.78 is 22.9. The van der Waals surface area contributed by atoms with E-state index in [1.165, 1.54) is 180 Å². The van der Waals surface area contributed by atoms with Gasteiger partial charge in [-0.15, -0.1) is 0 Å². The van der Waals surface area contributed by atoms with Crippen LogP contribution in [0, 0.1) is 5.92 Å². The van der Waals surface area contributed by atoms with Gasteiger partial charge in [-0.3, -0.25) is 19.2 Å². The van der Waals surface area contributed by atoms with Gasteiger partial charge in [-0.25, -0.2) is 0 Å². The number of nitrogens with zero attached hydrogens (tertiary/aromatic N) is 3. The Hall–Kier alpha value is -0.140. The Bertz CT molecular complexity index is 1360. The number of hydrogen-bond donors (Lipinski definition) is 0. The van der Waals surface area contributed by atoms with Crippen molar-refractivity contribution in [2.45, 2.75) is 266 Å². The van der Waals surface area contributed by atoms with E-state index in [1.54, 1.807) is 32.4 Å². The van der Waals surface area contributed by atoms with Gasteiger partial charge in [-0.05, 0) is 84.1 Å². The quantitative estimate of drug-likeness (QED) is 0.0249. The van der Waals surface area contributed by atoms with Crippen LogP contribution in [0.25, 0.3) is 0 Å². The zero-order chi connectivity index (χ0) is 59.9. The molecule has 1 unspecified atom stereocenters. The highest BCUT2D eigenvalue weighted by molar-refractivity contribution is 8.77. The number of carbonyl (C=O) groups is 4. The lowest BCUT2D eigenvalue weighted by Crippen LogP contribution is -2.34. The molecule has 0 heterocycles. The van der Waals surface area contributed by atoms with Crippen molar-refractivity contribution in [3.63, 3.8) is 0 Å². The van der Waals surface area contributed by atoms with E-state index < -0.39 is 0 Å². The summed E-state index contributed by atoms with van der Waals surface area (Å²) in [6, 6.07) is 0. The average Bonchev–Trinajstić information content (AvgIpc) is 3.47. The van der Waals surface area contributed by atoms with E-state index in [1.807, 2.05) is 32.4 Å². The fourth-order valence-electron chi connectivity index (χ4n) is 9.54. The molecule has 0 aromatic rings. The van der Waals surface area contributed by atoms with Crippen molar-refractivity contribution >= 4 is 88.6 Å². The maximum absolute atomic E-state index is 13.3. The molecule has 0 radical (unpaired) electrons. The first kappa shape index (κ1) is 81.9. The van der Waals surface area contributed by atoms with Crippen LogP contribution in [0.5, 0.6) is 0 Å². The molecular formula is C65H127N3O8S6. The molecule has 0 aromatic heterocycles. The minimum atomic E-state index is -0.189. The fourth-order valence-corrected chi connectivity index (χ4v) is 15.5. The van der Waals surface area contributed by atoms with Crippen molar-refractivity contribution in [3.8, 4) is 0 Å². The molecule has 0 aliphatic heterocycles. The number of hydrogen-bond acceptors (Lipinski definition) is 17. The first-order valence-corrected chi connectivity index (χ1v) is 41.1.